The topological polar surface area (TPSA) is 72.6 Å². The smallest absolute Gasteiger partial charge is 0.244 e. The average Bonchev–Trinajstić information content (AvgIpc) is 2.40. The van der Waals surface area contributed by atoms with Crippen molar-refractivity contribution in [3.63, 3.8) is 0 Å². The van der Waals surface area contributed by atoms with E-state index in [0.717, 1.165) is 0 Å². The molecule has 0 heterocycles. The highest BCUT2D eigenvalue weighted by Gasteiger charge is 2.25. The fraction of sp³-hybridized carbons (Fsp3) is 0.538. The van der Waals surface area contributed by atoms with E-state index in [1.54, 1.807) is 6.07 Å². The summed E-state index contributed by atoms with van der Waals surface area (Å²) in [6.07, 6.45) is 0.0414. The van der Waals surface area contributed by atoms with Crippen molar-refractivity contribution in [3.05, 3.63) is 27.7 Å². The summed E-state index contributed by atoms with van der Waals surface area (Å²) in [6.45, 7) is 4.41. The zero-order chi connectivity index (χ0) is 16.2. The van der Waals surface area contributed by atoms with Crippen molar-refractivity contribution < 1.29 is 13.2 Å². The molecule has 21 heavy (non-hydrogen) atoms. The lowest BCUT2D eigenvalue weighted by atomic mass is 10.2. The third-order valence-corrected chi connectivity index (χ3v) is 5.50. The number of nitrogens with zero attached hydrogens (tertiary/aromatic N) is 1. The molecule has 0 aliphatic carbocycles. The summed E-state index contributed by atoms with van der Waals surface area (Å²) in [5.74, 6) is 0. The van der Waals surface area contributed by atoms with Crippen molar-refractivity contribution in [2.45, 2.75) is 31.4 Å². The van der Waals surface area contributed by atoms with Crippen molar-refractivity contribution >= 4 is 33.2 Å². The maximum Gasteiger partial charge on any atom is 0.244 e. The van der Waals surface area contributed by atoms with Crippen LogP contribution in [-0.4, -0.2) is 39.0 Å². The van der Waals surface area contributed by atoms with Crippen LogP contribution in [0.25, 0.3) is 0 Å². The second kappa shape index (κ2) is 7.76. The Labute approximate surface area is 136 Å². The van der Waals surface area contributed by atoms with Crippen molar-refractivity contribution in [1.82, 2.24) is 4.31 Å². The summed E-state index contributed by atoms with van der Waals surface area (Å²) < 4.78 is 31.6. The van der Waals surface area contributed by atoms with Crippen LogP contribution in [0.1, 0.15) is 19.4 Å². The predicted octanol–water partition coefficient (Wildman–Crippen LogP) is 2.50. The highest BCUT2D eigenvalue weighted by molar-refractivity contribution is 7.89. The standard InChI is InChI=1S/C13H20Cl2N2O3S/c1-9(2)20-5-4-17(3)21(18,19)12-7-11(14)6-10(8-16)13(12)15/h6-7,9H,4-5,8,16H2,1-3H3. The van der Waals surface area contributed by atoms with Crippen molar-refractivity contribution in [1.29, 1.82) is 0 Å². The van der Waals surface area contributed by atoms with Gasteiger partial charge in [0, 0.05) is 25.2 Å². The van der Waals surface area contributed by atoms with Gasteiger partial charge in [0.05, 0.1) is 17.7 Å². The van der Waals surface area contributed by atoms with Crippen LogP contribution in [0, 0.1) is 0 Å². The maximum absolute atomic E-state index is 12.5. The Hall–Kier alpha value is -0.370. The maximum atomic E-state index is 12.5. The van der Waals surface area contributed by atoms with Gasteiger partial charge >= 0.3 is 0 Å². The molecule has 0 aromatic heterocycles. The van der Waals surface area contributed by atoms with Crippen LogP contribution in [0.2, 0.25) is 10.0 Å². The number of halogens is 2. The van der Waals surface area contributed by atoms with Gasteiger partial charge in [-0.05, 0) is 31.5 Å². The third kappa shape index (κ3) is 4.81. The molecule has 2 N–H and O–H groups in total. The van der Waals surface area contributed by atoms with Gasteiger partial charge in [-0.1, -0.05) is 23.2 Å². The van der Waals surface area contributed by atoms with Crippen molar-refractivity contribution in [2.24, 2.45) is 5.73 Å². The van der Waals surface area contributed by atoms with E-state index in [-0.39, 0.29) is 34.1 Å². The molecule has 0 bridgehead atoms. The minimum absolute atomic E-state index is 0.0378. The molecule has 0 saturated carbocycles. The molecule has 8 heteroatoms. The van der Waals surface area contributed by atoms with Gasteiger partial charge in [0.1, 0.15) is 4.90 Å². The quantitative estimate of drug-likeness (QED) is 0.816. The molecule has 0 radical (unpaired) electrons. The number of ether oxygens (including phenoxy) is 1. The minimum Gasteiger partial charge on any atom is -0.377 e. The zero-order valence-electron chi connectivity index (χ0n) is 12.3. The van der Waals surface area contributed by atoms with Gasteiger partial charge in [-0.25, -0.2) is 8.42 Å². The molecule has 0 spiro atoms. The first-order valence-corrected chi connectivity index (χ1v) is 8.65. The molecule has 0 amide bonds. The van der Waals surface area contributed by atoms with Crippen molar-refractivity contribution in [3.8, 4) is 0 Å². The van der Waals surface area contributed by atoms with Crippen LogP contribution in [0.4, 0.5) is 0 Å². The summed E-state index contributed by atoms with van der Waals surface area (Å²) in [7, 11) is -2.27. The molecule has 0 saturated heterocycles. The van der Waals surface area contributed by atoms with Gasteiger partial charge in [-0.3, -0.25) is 0 Å². The molecular weight excluding hydrogens is 335 g/mol. The van der Waals surface area contributed by atoms with Crippen LogP contribution in [-0.2, 0) is 21.3 Å². The van der Waals surface area contributed by atoms with Gasteiger partial charge < -0.3 is 10.5 Å². The first-order chi connectivity index (χ1) is 9.70. The summed E-state index contributed by atoms with van der Waals surface area (Å²) in [6, 6.07) is 2.89. The Bertz CT molecular complexity index is 591. The normalized spacial score (nSPS) is 12.4. The van der Waals surface area contributed by atoms with Crippen LogP contribution in [0.5, 0.6) is 0 Å². The van der Waals surface area contributed by atoms with E-state index in [1.165, 1.54) is 17.4 Å². The number of nitrogens with two attached hydrogens (primary N) is 1. The summed E-state index contributed by atoms with van der Waals surface area (Å²) in [5, 5.41) is 0.392. The molecule has 0 aliphatic rings. The molecule has 120 valence electrons. The number of rotatable bonds is 7. The average molecular weight is 355 g/mol. The molecule has 1 aromatic carbocycles. The van der Waals surface area contributed by atoms with Crippen LogP contribution < -0.4 is 5.73 Å². The monoisotopic (exact) mass is 354 g/mol. The summed E-state index contributed by atoms with van der Waals surface area (Å²) >= 11 is 12.1. The van der Waals surface area contributed by atoms with E-state index >= 15 is 0 Å². The second-order valence-corrected chi connectivity index (χ2v) is 7.65. The van der Waals surface area contributed by atoms with E-state index < -0.39 is 10.0 Å². The van der Waals surface area contributed by atoms with E-state index in [9.17, 15) is 8.42 Å². The Morgan fingerprint density at radius 3 is 2.48 bits per heavy atom. The summed E-state index contributed by atoms with van der Waals surface area (Å²) in [4.78, 5) is -0.0378. The Morgan fingerprint density at radius 1 is 1.33 bits per heavy atom. The number of hydrogen-bond donors (Lipinski definition) is 1. The number of sulfonamides is 1. The van der Waals surface area contributed by atoms with Gasteiger partial charge in [0.25, 0.3) is 0 Å². The molecule has 1 rings (SSSR count). The fourth-order valence-corrected chi connectivity index (χ4v) is 3.73. The second-order valence-electron chi connectivity index (χ2n) is 4.83. The molecule has 0 atom stereocenters. The van der Waals surface area contributed by atoms with Crippen LogP contribution in [0.15, 0.2) is 17.0 Å². The predicted molar refractivity (Wildman–Crippen MR) is 85.3 cm³/mol. The number of likely N-dealkylation sites (N-methyl/N-ethyl adjacent to an activating group) is 1. The van der Waals surface area contributed by atoms with Crippen LogP contribution in [0.3, 0.4) is 0 Å². The zero-order valence-corrected chi connectivity index (χ0v) is 14.6. The Kier molecular flexibility index (Phi) is 6.90. The first kappa shape index (κ1) is 18.7. The number of benzene rings is 1. The SMILES string of the molecule is CC(C)OCCN(C)S(=O)(=O)c1cc(Cl)cc(CN)c1Cl. The van der Waals surface area contributed by atoms with E-state index in [0.29, 0.717) is 12.2 Å². The van der Waals surface area contributed by atoms with Gasteiger partial charge in [-0.15, -0.1) is 0 Å². The Morgan fingerprint density at radius 2 is 1.95 bits per heavy atom. The molecule has 1 aromatic rings. The lowest BCUT2D eigenvalue weighted by Crippen LogP contribution is -2.31. The van der Waals surface area contributed by atoms with Crippen LogP contribution >= 0.6 is 23.2 Å². The summed E-state index contributed by atoms with van der Waals surface area (Å²) in [5.41, 5.74) is 6.04. The molecular formula is C13H20Cl2N2O3S. The highest BCUT2D eigenvalue weighted by atomic mass is 35.5. The minimum atomic E-state index is -3.74. The third-order valence-electron chi connectivity index (χ3n) is 2.84. The highest BCUT2D eigenvalue weighted by Crippen LogP contribution is 2.30. The molecule has 0 fully saturated rings. The molecule has 0 unspecified atom stereocenters. The van der Waals surface area contributed by atoms with Crippen molar-refractivity contribution in [2.75, 3.05) is 20.2 Å². The lowest BCUT2D eigenvalue weighted by molar-refractivity contribution is 0.0737. The first-order valence-electron chi connectivity index (χ1n) is 6.46. The van der Waals surface area contributed by atoms with Gasteiger partial charge in [0.2, 0.25) is 10.0 Å². The number of hydrogen-bond acceptors (Lipinski definition) is 4. The molecule has 0 aliphatic heterocycles. The fourth-order valence-electron chi connectivity index (χ4n) is 1.66. The largest absolute Gasteiger partial charge is 0.377 e. The Balaban J connectivity index is 3.05. The van der Waals surface area contributed by atoms with E-state index in [1.807, 2.05) is 13.8 Å². The molecule has 5 nitrogen and oxygen atoms in total. The van der Waals surface area contributed by atoms with E-state index in [2.05, 4.69) is 0 Å². The van der Waals surface area contributed by atoms with E-state index in [4.69, 9.17) is 33.7 Å². The van der Waals surface area contributed by atoms with Gasteiger partial charge in [-0.2, -0.15) is 4.31 Å². The van der Waals surface area contributed by atoms with Gasteiger partial charge in [0.15, 0.2) is 0 Å². The lowest BCUT2D eigenvalue weighted by Gasteiger charge is -2.19.